The molecule has 0 saturated carbocycles. The van der Waals surface area contributed by atoms with Gasteiger partial charge in [-0.2, -0.15) is 0 Å². The highest BCUT2D eigenvalue weighted by Gasteiger charge is 2.69. The lowest BCUT2D eigenvalue weighted by Gasteiger charge is -2.56. The highest BCUT2D eigenvalue weighted by Crippen LogP contribution is 2.55. The molecule has 10 nitrogen and oxygen atoms in total. The van der Waals surface area contributed by atoms with Crippen molar-refractivity contribution in [2.24, 2.45) is 17.3 Å². The molecule has 10 heteroatoms. The van der Waals surface area contributed by atoms with E-state index in [0.29, 0.717) is 12.8 Å². The Morgan fingerprint density at radius 3 is 2.17 bits per heavy atom. The molecule has 0 aromatic rings. The van der Waals surface area contributed by atoms with Gasteiger partial charge in [0.05, 0.1) is 5.92 Å². The van der Waals surface area contributed by atoms with Crippen molar-refractivity contribution in [1.29, 1.82) is 0 Å². The zero-order valence-corrected chi connectivity index (χ0v) is 21.8. The summed E-state index contributed by atoms with van der Waals surface area (Å²) in [5.41, 5.74) is -4.48. The predicted molar refractivity (Wildman–Crippen MR) is 125 cm³/mol. The molecule has 0 radical (unpaired) electrons. The molecule has 2 N–H and O–H groups in total. The maximum Gasteiger partial charge on any atom is 0.312 e. The Labute approximate surface area is 210 Å². The average Bonchev–Trinajstić information content (AvgIpc) is 2.95. The van der Waals surface area contributed by atoms with Gasteiger partial charge >= 0.3 is 23.9 Å². The zero-order valence-electron chi connectivity index (χ0n) is 21.8. The molecule has 0 bridgehead atoms. The van der Waals surface area contributed by atoms with Gasteiger partial charge in [0.2, 0.25) is 0 Å². The van der Waals surface area contributed by atoms with Crippen LogP contribution in [0.15, 0.2) is 23.8 Å². The zero-order chi connectivity index (χ0) is 27.2. The van der Waals surface area contributed by atoms with E-state index in [9.17, 15) is 29.4 Å². The topological polar surface area (TPSA) is 146 Å². The molecular weight excluding hydrogens is 472 g/mol. The first kappa shape index (κ1) is 27.9. The molecule has 36 heavy (non-hydrogen) atoms. The highest BCUT2D eigenvalue weighted by molar-refractivity contribution is 5.77. The lowest BCUT2D eigenvalue weighted by atomic mass is 9.54. The van der Waals surface area contributed by atoms with Gasteiger partial charge in [-0.25, -0.2) is 0 Å². The first-order chi connectivity index (χ1) is 16.5. The van der Waals surface area contributed by atoms with E-state index in [1.807, 2.05) is 0 Å². The van der Waals surface area contributed by atoms with Crippen LogP contribution in [0.3, 0.4) is 0 Å². The van der Waals surface area contributed by atoms with Crippen LogP contribution >= 0.6 is 0 Å². The smallest absolute Gasteiger partial charge is 0.312 e. The predicted octanol–water partition coefficient (Wildman–Crippen LogP) is 1.76. The SMILES string of the molecule is CC(=O)O[C@H]1C=C[C@@]2(C)[C@@H](OC(C)=O)CC/C(C)=C\[C@@H]3OC(=O)[C@@H](C)[C@@]3(O)[C@H](OC(C)=O)[C@@H]2[C@]1(C)O. The summed E-state index contributed by atoms with van der Waals surface area (Å²) < 4.78 is 22.4. The molecule has 0 spiro atoms. The second kappa shape index (κ2) is 9.63. The summed E-state index contributed by atoms with van der Waals surface area (Å²) in [4.78, 5) is 49.2. The van der Waals surface area contributed by atoms with E-state index in [4.69, 9.17) is 18.9 Å². The molecule has 0 aromatic carbocycles. The molecule has 0 unspecified atom stereocenters. The van der Waals surface area contributed by atoms with E-state index < -0.39 is 76.7 Å². The highest BCUT2D eigenvalue weighted by atomic mass is 16.6. The van der Waals surface area contributed by atoms with Gasteiger partial charge in [0.25, 0.3) is 0 Å². The molecule has 0 aromatic heterocycles. The van der Waals surface area contributed by atoms with E-state index in [1.165, 1.54) is 33.8 Å². The number of carbonyl (C=O) groups is 4. The third-order valence-electron chi connectivity index (χ3n) is 7.84. The molecule has 1 heterocycles. The third-order valence-corrected chi connectivity index (χ3v) is 7.84. The summed E-state index contributed by atoms with van der Waals surface area (Å²) in [5, 5.41) is 24.2. The van der Waals surface area contributed by atoms with Crippen LogP contribution in [0.25, 0.3) is 0 Å². The molecule has 0 amide bonds. The molecule has 2 aliphatic carbocycles. The van der Waals surface area contributed by atoms with Gasteiger partial charge in [0.1, 0.15) is 23.9 Å². The van der Waals surface area contributed by atoms with Crippen molar-refractivity contribution in [3.05, 3.63) is 23.8 Å². The van der Waals surface area contributed by atoms with Crippen molar-refractivity contribution in [3.63, 3.8) is 0 Å². The van der Waals surface area contributed by atoms with Gasteiger partial charge in [-0.15, -0.1) is 0 Å². The van der Waals surface area contributed by atoms with Crippen LogP contribution in [-0.2, 0) is 38.1 Å². The van der Waals surface area contributed by atoms with Crippen LogP contribution in [0.4, 0.5) is 0 Å². The van der Waals surface area contributed by atoms with Crippen LogP contribution in [0.5, 0.6) is 0 Å². The Hall–Kier alpha value is -2.72. The Morgan fingerprint density at radius 2 is 1.61 bits per heavy atom. The van der Waals surface area contributed by atoms with Crippen LogP contribution in [0, 0.1) is 17.3 Å². The first-order valence-corrected chi connectivity index (χ1v) is 12.1. The Morgan fingerprint density at radius 1 is 1.03 bits per heavy atom. The molecule has 200 valence electrons. The number of hydrogen-bond donors (Lipinski definition) is 2. The number of carbonyl (C=O) groups excluding carboxylic acids is 4. The number of ether oxygens (including phenoxy) is 4. The second-order valence-corrected chi connectivity index (χ2v) is 10.6. The standard InChI is InChI=1S/C26H36O10/c1-13-8-9-18(33-15(3)27)24(6)11-10-19(34-16(4)28)25(7,31)21(24)22(35-17(5)29)26(32)14(2)23(30)36-20(26)12-13/h10-12,14,18-22,31-32H,8-9H2,1-7H3/b13-12-/t14-,18+,19+,20+,21+,22-,24+,25-,26+/m1/s1. The van der Waals surface area contributed by atoms with Crippen LogP contribution in [0.2, 0.25) is 0 Å². The fourth-order valence-corrected chi connectivity index (χ4v) is 6.02. The Balaban J connectivity index is 2.36. The van der Waals surface area contributed by atoms with Gasteiger partial charge in [0, 0.05) is 32.1 Å². The molecule has 3 rings (SSSR count). The minimum atomic E-state index is -2.09. The van der Waals surface area contributed by atoms with Crippen LogP contribution in [-0.4, -0.2) is 69.7 Å². The van der Waals surface area contributed by atoms with E-state index in [2.05, 4.69) is 0 Å². The summed E-state index contributed by atoms with van der Waals surface area (Å²) in [6.07, 6.45) is 0.828. The van der Waals surface area contributed by atoms with Gasteiger partial charge in [-0.05, 0) is 45.8 Å². The Kier molecular flexibility index (Phi) is 7.45. The van der Waals surface area contributed by atoms with E-state index >= 15 is 0 Å². The van der Waals surface area contributed by atoms with Crippen molar-refractivity contribution in [2.45, 2.75) is 96.9 Å². The number of hydrogen-bond acceptors (Lipinski definition) is 10. The van der Waals surface area contributed by atoms with Gasteiger partial charge in [-0.3, -0.25) is 19.2 Å². The number of aliphatic hydroxyl groups is 2. The summed E-state index contributed by atoms with van der Waals surface area (Å²) >= 11 is 0. The van der Waals surface area contributed by atoms with Gasteiger partial charge in [-0.1, -0.05) is 18.6 Å². The molecule has 3 aliphatic rings. The molecule has 9 atom stereocenters. The van der Waals surface area contributed by atoms with Crippen molar-refractivity contribution < 1.29 is 48.3 Å². The molecule has 1 aliphatic heterocycles. The average molecular weight is 509 g/mol. The number of allylic oxidation sites excluding steroid dienone is 1. The Bertz CT molecular complexity index is 997. The van der Waals surface area contributed by atoms with Crippen LogP contribution < -0.4 is 0 Å². The fraction of sp³-hybridized carbons (Fsp3) is 0.692. The van der Waals surface area contributed by atoms with Crippen molar-refractivity contribution in [2.75, 3.05) is 0 Å². The maximum absolute atomic E-state index is 12.7. The minimum Gasteiger partial charge on any atom is -0.462 e. The van der Waals surface area contributed by atoms with Crippen LogP contribution in [0.1, 0.15) is 61.3 Å². The molecule has 1 saturated heterocycles. The monoisotopic (exact) mass is 508 g/mol. The lowest BCUT2D eigenvalue weighted by molar-refractivity contribution is -0.242. The summed E-state index contributed by atoms with van der Waals surface area (Å²) in [5.74, 6) is -5.01. The number of rotatable bonds is 3. The molecular formula is C26H36O10. The van der Waals surface area contributed by atoms with Crippen molar-refractivity contribution >= 4 is 23.9 Å². The van der Waals surface area contributed by atoms with E-state index in [-0.39, 0.29) is 0 Å². The lowest BCUT2D eigenvalue weighted by Crippen LogP contribution is -2.69. The first-order valence-electron chi connectivity index (χ1n) is 12.1. The summed E-state index contributed by atoms with van der Waals surface area (Å²) in [6.45, 7) is 10.0. The van der Waals surface area contributed by atoms with Crippen molar-refractivity contribution in [1.82, 2.24) is 0 Å². The maximum atomic E-state index is 12.7. The quantitative estimate of drug-likeness (QED) is 0.328. The number of fused-ring (bicyclic) bond motifs is 2. The van der Waals surface area contributed by atoms with E-state index in [0.717, 1.165) is 12.5 Å². The largest absolute Gasteiger partial charge is 0.462 e. The number of esters is 4. The third kappa shape index (κ3) is 4.68. The normalized spacial score (nSPS) is 43.7. The summed E-state index contributed by atoms with van der Waals surface area (Å²) in [7, 11) is 0. The van der Waals surface area contributed by atoms with Crippen molar-refractivity contribution in [3.8, 4) is 0 Å². The minimum absolute atomic E-state index is 0.328. The summed E-state index contributed by atoms with van der Waals surface area (Å²) in [6, 6.07) is 0. The second-order valence-electron chi connectivity index (χ2n) is 10.6. The fourth-order valence-electron chi connectivity index (χ4n) is 6.02. The van der Waals surface area contributed by atoms with Gasteiger partial charge in [0.15, 0.2) is 11.7 Å². The molecule has 1 fully saturated rings. The van der Waals surface area contributed by atoms with E-state index in [1.54, 1.807) is 26.0 Å². The van der Waals surface area contributed by atoms with Gasteiger partial charge < -0.3 is 29.2 Å².